The van der Waals surface area contributed by atoms with E-state index in [0.29, 0.717) is 11.5 Å². The summed E-state index contributed by atoms with van der Waals surface area (Å²) in [6, 6.07) is 0.629. The molecule has 1 rings (SSSR count). The van der Waals surface area contributed by atoms with Crippen molar-refractivity contribution in [2.45, 2.75) is 58.9 Å². The van der Waals surface area contributed by atoms with Gasteiger partial charge < -0.3 is 5.73 Å². The summed E-state index contributed by atoms with van der Waals surface area (Å²) in [5.74, 6) is 0. The van der Waals surface area contributed by atoms with Crippen molar-refractivity contribution < 1.29 is 0 Å². The highest BCUT2D eigenvalue weighted by atomic mass is 15.2. The van der Waals surface area contributed by atoms with E-state index in [0.717, 1.165) is 6.54 Å². The molecule has 1 heterocycles. The SMILES string of the molecule is CCCC(CN)N1CCCC(C)(C)CC1. The fourth-order valence-corrected chi connectivity index (χ4v) is 2.59. The molecule has 0 bridgehead atoms. The second-order valence-corrected chi connectivity index (χ2v) is 5.73. The van der Waals surface area contributed by atoms with Gasteiger partial charge in [0.15, 0.2) is 0 Å². The second-order valence-electron chi connectivity index (χ2n) is 5.73. The molecule has 1 aliphatic rings. The number of hydrogen-bond acceptors (Lipinski definition) is 2. The van der Waals surface area contributed by atoms with E-state index in [1.54, 1.807) is 0 Å². The molecule has 90 valence electrons. The molecule has 1 unspecified atom stereocenters. The van der Waals surface area contributed by atoms with Crippen LogP contribution in [0.4, 0.5) is 0 Å². The van der Waals surface area contributed by atoms with Crippen molar-refractivity contribution in [2.24, 2.45) is 11.1 Å². The fraction of sp³-hybridized carbons (Fsp3) is 1.00. The molecule has 0 radical (unpaired) electrons. The van der Waals surface area contributed by atoms with E-state index < -0.39 is 0 Å². The lowest BCUT2D eigenvalue weighted by atomic mass is 9.85. The first-order valence-electron chi connectivity index (χ1n) is 6.53. The predicted octanol–water partition coefficient (Wildman–Crippen LogP) is 2.63. The van der Waals surface area contributed by atoms with E-state index >= 15 is 0 Å². The maximum Gasteiger partial charge on any atom is 0.0218 e. The minimum absolute atomic E-state index is 0.542. The van der Waals surface area contributed by atoms with Crippen molar-refractivity contribution in [3.8, 4) is 0 Å². The van der Waals surface area contributed by atoms with Crippen molar-refractivity contribution in [1.29, 1.82) is 0 Å². The molecule has 1 aliphatic heterocycles. The molecular weight excluding hydrogens is 184 g/mol. The Labute approximate surface area is 95.2 Å². The summed E-state index contributed by atoms with van der Waals surface area (Å²) in [6.45, 7) is 10.4. The average Bonchev–Trinajstić information content (AvgIpc) is 2.36. The van der Waals surface area contributed by atoms with Crippen LogP contribution in [0.15, 0.2) is 0 Å². The summed E-state index contributed by atoms with van der Waals surface area (Å²) >= 11 is 0. The molecule has 1 saturated heterocycles. The van der Waals surface area contributed by atoms with Crippen LogP contribution in [-0.2, 0) is 0 Å². The van der Waals surface area contributed by atoms with Crippen LogP contribution in [0.25, 0.3) is 0 Å². The second kappa shape index (κ2) is 5.86. The summed E-state index contributed by atoms with van der Waals surface area (Å²) in [4.78, 5) is 2.62. The van der Waals surface area contributed by atoms with Gasteiger partial charge in [0.2, 0.25) is 0 Å². The van der Waals surface area contributed by atoms with Crippen molar-refractivity contribution in [3.05, 3.63) is 0 Å². The van der Waals surface area contributed by atoms with Gasteiger partial charge >= 0.3 is 0 Å². The van der Waals surface area contributed by atoms with Crippen LogP contribution in [0.2, 0.25) is 0 Å². The lowest BCUT2D eigenvalue weighted by molar-refractivity contribution is 0.189. The Morgan fingerprint density at radius 1 is 1.27 bits per heavy atom. The van der Waals surface area contributed by atoms with E-state index in [2.05, 4.69) is 25.7 Å². The van der Waals surface area contributed by atoms with Crippen LogP contribution in [0, 0.1) is 5.41 Å². The van der Waals surface area contributed by atoms with Crippen molar-refractivity contribution in [3.63, 3.8) is 0 Å². The Kier molecular flexibility index (Phi) is 5.07. The highest BCUT2D eigenvalue weighted by molar-refractivity contribution is 4.80. The van der Waals surface area contributed by atoms with Crippen LogP contribution in [0.1, 0.15) is 52.9 Å². The Morgan fingerprint density at radius 3 is 2.60 bits per heavy atom. The van der Waals surface area contributed by atoms with Gasteiger partial charge in [-0.05, 0) is 44.2 Å². The summed E-state index contributed by atoms with van der Waals surface area (Å²) in [7, 11) is 0. The summed E-state index contributed by atoms with van der Waals surface area (Å²) in [5.41, 5.74) is 6.41. The molecule has 0 aliphatic carbocycles. The first kappa shape index (κ1) is 13.0. The van der Waals surface area contributed by atoms with Gasteiger partial charge in [0, 0.05) is 12.6 Å². The number of likely N-dealkylation sites (tertiary alicyclic amines) is 1. The van der Waals surface area contributed by atoms with Gasteiger partial charge in [0.1, 0.15) is 0 Å². The normalized spacial score (nSPS) is 24.8. The summed E-state index contributed by atoms with van der Waals surface area (Å²) < 4.78 is 0. The van der Waals surface area contributed by atoms with Crippen molar-refractivity contribution >= 4 is 0 Å². The standard InChI is InChI=1S/C13H28N2/c1-4-6-12(11-14)15-9-5-7-13(2,3)8-10-15/h12H,4-11,14H2,1-3H3. The molecule has 0 amide bonds. The molecular formula is C13H28N2. The Morgan fingerprint density at radius 2 is 2.00 bits per heavy atom. The van der Waals surface area contributed by atoms with Crippen LogP contribution in [0.3, 0.4) is 0 Å². The number of nitrogens with zero attached hydrogens (tertiary/aromatic N) is 1. The first-order chi connectivity index (χ1) is 7.09. The van der Waals surface area contributed by atoms with Gasteiger partial charge in [-0.25, -0.2) is 0 Å². The predicted molar refractivity (Wildman–Crippen MR) is 67.0 cm³/mol. The van der Waals surface area contributed by atoms with Gasteiger partial charge in [-0.2, -0.15) is 0 Å². The first-order valence-corrected chi connectivity index (χ1v) is 6.53. The smallest absolute Gasteiger partial charge is 0.0218 e. The van der Waals surface area contributed by atoms with Crippen LogP contribution in [0.5, 0.6) is 0 Å². The molecule has 0 spiro atoms. The zero-order valence-electron chi connectivity index (χ0n) is 10.8. The molecule has 15 heavy (non-hydrogen) atoms. The van der Waals surface area contributed by atoms with Crippen LogP contribution in [-0.4, -0.2) is 30.6 Å². The molecule has 0 aromatic rings. The van der Waals surface area contributed by atoms with E-state index in [1.807, 2.05) is 0 Å². The number of hydrogen-bond donors (Lipinski definition) is 1. The molecule has 1 atom stereocenters. The van der Waals surface area contributed by atoms with Gasteiger partial charge in [-0.3, -0.25) is 4.90 Å². The van der Waals surface area contributed by atoms with E-state index in [-0.39, 0.29) is 0 Å². The quantitative estimate of drug-likeness (QED) is 0.776. The number of rotatable bonds is 4. The van der Waals surface area contributed by atoms with Gasteiger partial charge in [-0.15, -0.1) is 0 Å². The van der Waals surface area contributed by atoms with Gasteiger partial charge in [0.05, 0.1) is 0 Å². The third-order valence-corrected chi connectivity index (χ3v) is 3.79. The molecule has 0 saturated carbocycles. The average molecular weight is 212 g/mol. The minimum Gasteiger partial charge on any atom is -0.329 e. The highest BCUT2D eigenvalue weighted by Crippen LogP contribution is 2.30. The zero-order valence-corrected chi connectivity index (χ0v) is 10.8. The monoisotopic (exact) mass is 212 g/mol. The van der Waals surface area contributed by atoms with Gasteiger partial charge in [0.25, 0.3) is 0 Å². The molecule has 1 fully saturated rings. The van der Waals surface area contributed by atoms with Crippen LogP contribution < -0.4 is 5.73 Å². The molecule has 2 heteroatoms. The topological polar surface area (TPSA) is 29.3 Å². The largest absolute Gasteiger partial charge is 0.329 e. The van der Waals surface area contributed by atoms with E-state index in [1.165, 1.54) is 45.2 Å². The summed E-state index contributed by atoms with van der Waals surface area (Å²) in [5, 5.41) is 0. The molecule has 0 aromatic heterocycles. The lowest BCUT2D eigenvalue weighted by Crippen LogP contribution is -2.41. The maximum atomic E-state index is 5.87. The number of nitrogens with two attached hydrogens (primary N) is 1. The fourth-order valence-electron chi connectivity index (χ4n) is 2.59. The molecule has 0 aromatic carbocycles. The third-order valence-electron chi connectivity index (χ3n) is 3.79. The van der Waals surface area contributed by atoms with Gasteiger partial charge in [-0.1, -0.05) is 27.2 Å². The van der Waals surface area contributed by atoms with Crippen molar-refractivity contribution in [2.75, 3.05) is 19.6 Å². The lowest BCUT2D eigenvalue weighted by Gasteiger charge is -2.30. The Hall–Kier alpha value is -0.0800. The minimum atomic E-state index is 0.542. The Balaban J connectivity index is 2.48. The van der Waals surface area contributed by atoms with Crippen molar-refractivity contribution in [1.82, 2.24) is 4.90 Å². The Bertz CT molecular complexity index is 177. The van der Waals surface area contributed by atoms with E-state index in [4.69, 9.17) is 5.73 Å². The zero-order chi connectivity index (χ0) is 11.3. The van der Waals surface area contributed by atoms with Crippen LogP contribution >= 0.6 is 0 Å². The third kappa shape index (κ3) is 4.12. The molecule has 2 nitrogen and oxygen atoms in total. The highest BCUT2D eigenvalue weighted by Gasteiger charge is 2.25. The van der Waals surface area contributed by atoms with E-state index in [9.17, 15) is 0 Å². The molecule has 2 N–H and O–H groups in total. The maximum absolute atomic E-state index is 5.87. The summed E-state index contributed by atoms with van der Waals surface area (Å²) in [6.07, 6.45) is 6.55.